The van der Waals surface area contributed by atoms with Gasteiger partial charge in [-0.15, -0.1) is 24.0 Å². The normalized spacial score (nSPS) is 12.0. The minimum absolute atomic E-state index is 0. The fourth-order valence-corrected chi connectivity index (χ4v) is 4.36. The average Bonchev–Trinajstić information content (AvgIpc) is 3.17. The Balaban J connectivity index is 0.00000450. The number of aliphatic imine (C=N–C) groups is 1. The molecule has 0 fully saturated rings. The minimum Gasteiger partial charge on any atom is -0.357 e. The van der Waals surface area contributed by atoms with Crippen LogP contribution in [0, 0.1) is 0 Å². The van der Waals surface area contributed by atoms with Gasteiger partial charge < -0.3 is 10.2 Å². The Morgan fingerprint density at radius 2 is 1.83 bits per heavy atom. The number of guanidine groups is 1. The van der Waals surface area contributed by atoms with Gasteiger partial charge in [0.15, 0.2) is 5.96 Å². The molecule has 0 saturated heterocycles. The molecule has 1 aromatic heterocycles. The second-order valence-electron chi connectivity index (χ2n) is 6.62. The summed E-state index contributed by atoms with van der Waals surface area (Å²) in [7, 11) is -1.35. The van der Waals surface area contributed by atoms with Crippen molar-refractivity contribution in [2.75, 3.05) is 39.0 Å². The molecule has 30 heavy (non-hydrogen) atoms. The summed E-state index contributed by atoms with van der Waals surface area (Å²) in [5, 5.41) is 7.65. The van der Waals surface area contributed by atoms with E-state index in [1.54, 1.807) is 0 Å². The highest BCUT2D eigenvalue weighted by molar-refractivity contribution is 14.0. The number of aromatic nitrogens is 2. The van der Waals surface area contributed by atoms with Crippen molar-refractivity contribution in [3.63, 3.8) is 0 Å². The number of hydrogen-bond donors (Lipinski definition) is 1. The summed E-state index contributed by atoms with van der Waals surface area (Å²) < 4.78 is 28.0. The van der Waals surface area contributed by atoms with Gasteiger partial charge in [0.1, 0.15) is 0 Å². The fourth-order valence-electron chi connectivity index (χ4n) is 3.00. The Labute approximate surface area is 197 Å². The van der Waals surface area contributed by atoms with Gasteiger partial charge in [-0.25, -0.2) is 17.4 Å². The van der Waals surface area contributed by atoms with E-state index >= 15 is 0 Å². The van der Waals surface area contributed by atoms with E-state index in [1.165, 1.54) is 4.31 Å². The van der Waals surface area contributed by atoms with Crippen molar-refractivity contribution in [3.05, 3.63) is 48.3 Å². The van der Waals surface area contributed by atoms with Crippen molar-refractivity contribution in [3.8, 4) is 5.69 Å². The molecule has 2 rings (SSSR count). The highest BCUT2D eigenvalue weighted by Gasteiger charge is 2.18. The maximum atomic E-state index is 12.3. The van der Waals surface area contributed by atoms with Crippen LogP contribution in [0.15, 0.2) is 47.7 Å². The van der Waals surface area contributed by atoms with Crippen molar-refractivity contribution >= 4 is 40.0 Å². The summed E-state index contributed by atoms with van der Waals surface area (Å²) in [5.41, 5.74) is 2.04. The van der Waals surface area contributed by atoms with Crippen molar-refractivity contribution in [2.45, 2.75) is 27.3 Å². The van der Waals surface area contributed by atoms with Gasteiger partial charge in [-0.05, 0) is 19.1 Å². The number of nitrogens with zero attached hydrogens (tertiary/aromatic N) is 5. The van der Waals surface area contributed by atoms with Gasteiger partial charge in [0.25, 0.3) is 0 Å². The maximum Gasteiger partial charge on any atom is 0.215 e. The van der Waals surface area contributed by atoms with Crippen LogP contribution in [0.2, 0.25) is 0 Å². The SMILES string of the molecule is CCNC(=NCCS(=O)(=O)N(CC)CC)N(C)Cc1cnn(-c2ccccc2)c1.I. The highest BCUT2D eigenvalue weighted by atomic mass is 127. The first-order valence-electron chi connectivity index (χ1n) is 9.97. The standard InChI is InChI=1S/C20H32N6O2S.HI/c1-5-21-20(22-13-14-29(27,28)25(6-2)7-3)24(4)16-18-15-23-26(17-18)19-11-9-8-10-12-19;/h8-12,15,17H,5-7,13-14,16H2,1-4H3,(H,21,22);1H. The first-order valence-corrected chi connectivity index (χ1v) is 11.6. The molecule has 0 atom stereocenters. The molecule has 1 N–H and O–H groups in total. The molecule has 0 aliphatic heterocycles. The molecule has 8 nitrogen and oxygen atoms in total. The van der Waals surface area contributed by atoms with E-state index in [0.717, 1.165) is 11.3 Å². The van der Waals surface area contributed by atoms with E-state index in [4.69, 9.17) is 0 Å². The second-order valence-corrected chi connectivity index (χ2v) is 8.71. The Morgan fingerprint density at radius 1 is 1.17 bits per heavy atom. The molecule has 0 saturated carbocycles. The van der Waals surface area contributed by atoms with Gasteiger partial charge in [-0.2, -0.15) is 5.10 Å². The van der Waals surface area contributed by atoms with Crippen LogP contribution < -0.4 is 5.32 Å². The third-order valence-electron chi connectivity index (χ3n) is 4.48. The Kier molecular flexibility index (Phi) is 11.3. The van der Waals surface area contributed by atoms with Crippen LogP contribution in [0.1, 0.15) is 26.3 Å². The van der Waals surface area contributed by atoms with E-state index in [-0.39, 0.29) is 36.3 Å². The molecule has 2 aromatic rings. The molecule has 1 heterocycles. The van der Waals surface area contributed by atoms with Crippen molar-refractivity contribution in [1.82, 2.24) is 24.3 Å². The van der Waals surface area contributed by atoms with E-state index < -0.39 is 10.0 Å². The van der Waals surface area contributed by atoms with Crippen LogP contribution in [0.5, 0.6) is 0 Å². The van der Waals surface area contributed by atoms with E-state index in [0.29, 0.717) is 32.1 Å². The van der Waals surface area contributed by atoms with E-state index in [1.807, 2.05) is 80.1 Å². The van der Waals surface area contributed by atoms with Crippen molar-refractivity contribution in [1.29, 1.82) is 0 Å². The third kappa shape index (κ3) is 7.55. The van der Waals surface area contributed by atoms with Gasteiger partial charge in [-0.3, -0.25) is 4.99 Å². The monoisotopic (exact) mass is 548 g/mol. The summed E-state index contributed by atoms with van der Waals surface area (Å²) in [6.07, 6.45) is 3.82. The Hall–Kier alpha value is -1.66. The fraction of sp³-hybridized carbons (Fsp3) is 0.500. The zero-order chi connectivity index (χ0) is 21.3. The van der Waals surface area contributed by atoms with Gasteiger partial charge in [0, 0.05) is 45.0 Å². The quantitative estimate of drug-likeness (QED) is 0.281. The predicted molar refractivity (Wildman–Crippen MR) is 133 cm³/mol. The third-order valence-corrected chi connectivity index (χ3v) is 6.48. The molecule has 0 aliphatic carbocycles. The van der Waals surface area contributed by atoms with Crippen LogP contribution in [0.4, 0.5) is 0 Å². The highest BCUT2D eigenvalue weighted by Crippen LogP contribution is 2.09. The number of sulfonamides is 1. The minimum atomic E-state index is -3.28. The van der Waals surface area contributed by atoms with Crippen LogP contribution in [0.25, 0.3) is 5.69 Å². The molecular formula is C20H33IN6O2S. The predicted octanol–water partition coefficient (Wildman–Crippen LogP) is 2.56. The largest absolute Gasteiger partial charge is 0.357 e. The Morgan fingerprint density at radius 3 is 2.43 bits per heavy atom. The first kappa shape index (κ1) is 26.4. The van der Waals surface area contributed by atoms with Crippen LogP contribution >= 0.6 is 24.0 Å². The zero-order valence-corrected chi connectivity index (χ0v) is 21.3. The maximum absolute atomic E-state index is 12.3. The topological polar surface area (TPSA) is 82.8 Å². The number of nitrogens with one attached hydrogen (secondary N) is 1. The second kappa shape index (κ2) is 12.9. The first-order chi connectivity index (χ1) is 13.9. The Bertz CT molecular complexity index is 882. The lowest BCUT2D eigenvalue weighted by molar-refractivity contribution is 0.445. The van der Waals surface area contributed by atoms with Gasteiger partial charge in [0.05, 0.1) is 24.2 Å². The molecule has 168 valence electrons. The molecule has 0 amide bonds. The summed E-state index contributed by atoms with van der Waals surface area (Å²) in [5.74, 6) is 0.679. The smallest absolute Gasteiger partial charge is 0.215 e. The van der Waals surface area contributed by atoms with Gasteiger partial charge >= 0.3 is 0 Å². The van der Waals surface area contributed by atoms with Gasteiger partial charge in [0.2, 0.25) is 10.0 Å². The lowest BCUT2D eigenvalue weighted by Crippen LogP contribution is -2.39. The summed E-state index contributed by atoms with van der Waals surface area (Å²) in [6.45, 7) is 8.17. The number of rotatable bonds is 10. The number of para-hydroxylation sites is 1. The molecular weight excluding hydrogens is 515 g/mol. The summed E-state index contributed by atoms with van der Waals surface area (Å²) in [4.78, 5) is 6.48. The molecule has 0 spiro atoms. The van der Waals surface area contributed by atoms with Gasteiger partial charge in [-0.1, -0.05) is 32.0 Å². The zero-order valence-electron chi connectivity index (χ0n) is 18.2. The lowest BCUT2D eigenvalue weighted by atomic mass is 10.3. The molecule has 0 aliphatic rings. The lowest BCUT2D eigenvalue weighted by Gasteiger charge is -2.22. The molecule has 0 unspecified atom stereocenters. The average molecular weight is 548 g/mol. The van der Waals surface area contributed by atoms with Crippen molar-refractivity contribution < 1.29 is 8.42 Å². The van der Waals surface area contributed by atoms with E-state index in [2.05, 4.69) is 15.4 Å². The number of benzene rings is 1. The van der Waals surface area contributed by atoms with Crippen molar-refractivity contribution in [2.24, 2.45) is 4.99 Å². The van der Waals surface area contributed by atoms with Crippen LogP contribution in [0.3, 0.4) is 0 Å². The molecule has 0 bridgehead atoms. The number of halogens is 1. The molecule has 10 heteroatoms. The molecule has 1 aromatic carbocycles. The van der Waals surface area contributed by atoms with Crippen LogP contribution in [-0.2, 0) is 16.6 Å². The van der Waals surface area contributed by atoms with E-state index in [9.17, 15) is 8.42 Å². The molecule has 0 radical (unpaired) electrons. The summed E-state index contributed by atoms with van der Waals surface area (Å²) in [6, 6.07) is 9.93. The summed E-state index contributed by atoms with van der Waals surface area (Å²) >= 11 is 0. The number of hydrogen-bond acceptors (Lipinski definition) is 4. The van der Waals surface area contributed by atoms with Crippen LogP contribution in [-0.4, -0.2) is 72.3 Å².